The molecule has 1 rings (SSSR count). The summed E-state index contributed by atoms with van der Waals surface area (Å²) in [5, 5.41) is 0. The summed E-state index contributed by atoms with van der Waals surface area (Å²) < 4.78 is 0. The van der Waals surface area contributed by atoms with Gasteiger partial charge in [-0.25, -0.2) is 0 Å². The van der Waals surface area contributed by atoms with Crippen molar-refractivity contribution in [1.82, 2.24) is 4.90 Å². The maximum Gasteiger partial charge on any atom is 0.222 e. The minimum Gasteiger partial charge on any atom is -0.342 e. The molecule has 0 saturated carbocycles. The summed E-state index contributed by atoms with van der Waals surface area (Å²) in [4.78, 5) is 13.8. The van der Waals surface area contributed by atoms with E-state index in [0.717, 1.165) is 25.9 Å². The van der Waals surface area contributed by atoms with Crippen molar-refractivity contribution < 1.29 is 4.79 Å². The van der Waals surface area contributed by atoms with Gasteiger partial charge in [-0.2, -0.15) is 0 Å². The third kappa shape index (κ3) is 4.12. The molecule has 0 aromatic rings. The predicted molar refractivity (Wildman–Crippen MR) is 59.1 cm³/mol. The van der Waals surface area contributed by atoms with Crippen LogP contribution in [0.5, 0.6) is 0 Å². The van der Waals surface area contributed by atoms with E-state index >= 15 is 0 Å². The summed E-state index contributed by atoms with van der Waals surface area (Å²) >= 11 is 0. The summed E-state index contributed by atoms with van der Waals surface area (Å²) in [6, 6.07) is 0. The summed E-state index contributed by atoms with van der Waals surface area (Å²) in [5.74, 6) is 0.361. The van der Waals surface area contributed by atoms with E-state index in [1.165, 1.54) is 19.3 Å². The number of carbonyl (C=O) groups is 1. The Labute approximate surface area is 87.7 Å². The van der Waals surface area contributed by atoms with E-state index < -0.39 is 0 Å². The first kappa shape index (κ1) is 11.5. The van der Waals surface area contributed by atoms with Crippen molar-refractivity contribution in [1.29, 1.82) is 0 Å². The third-order valence-corrected chi connectivity index (χ3v) is 2.59. The molecule has 1 fully saturated rings. The fraction of sp³-hybridized carbons (Fsp3) is 0.917. The zero-order chi connectivity index (χ0) is 10.6. The molecule has 1 saturated heterocycles. The molecule has 1 aliphatic heterocycles. The van der Waals surface area contributed by atoms with E-state index in [9.17, 15) is 4.79 Å². The first-order valence-electron chi connectivity index (χ1n) is 5.77. The fourth-order valence-corrected chi connectivity index (χ4v) is 1.96. The van der Waals surface area contributed by atoms with E-state index in [2.05, 4.69) is 25.7 Å². The summed E-state index contributed by atoms with van der Waals surface area (Å²) in [5.41, 5.74) is 0.231. The second-order valence-corrected chi connectivity index (χ2v) is 5.54. The molecule has 0 aromatic heterocycles. The molecule has 1 amide bonds. The molecule has 1 aliphatic rings. The van der Waals surface area contributed by atoms with Crippen molar-refractivity contribution in [3.8, 4) is 0 Å². The molecule has 2 nitrogen and oxygen atoms in total. The van der Waals surface area contributed by atoms with Crippen LogP contribution < -0.4 is 0 Å². The molecule has 0 spiro atoms. The van der Waals surface area contributed by atoms with Crippen molar-refractivity contribution in [2.45, 2.75) is 52.9 Å². The Morgan fingerprint density at radius 1 is 1.14 bits per heavy atom. The van der Waals surface area contributed by atoms with Crippen LogP contribution in [-0.4, -0.2) is 23.9 Å². The molecule has 14 heavy (non-hydrogen) atoms. The zero-order valence-corrected chi connectivity index (χ0v) is 9.81. The van der Waals surface area contributed by atoms with Crippen LogP contribution in [0.25, 0.3) is 0 Å². The van der Waals surface area contributed by atoms with Gasteiger partial charge in [-0.3, -0.25) is 4.79 Å². The molecule has 82 valence electrons. The molecular weight excluding hydrogens is 174 g/mol. The van der Waals surface area contributed by atoms with E-state index in [4.69, 9.17) is 0 Å². The van der Waals surface area contributed by atoms with Gasteiger partial charge in [0.25, 0.3) is 0 Å². The van der Waals surface area contributed by atoms with Crippen LogP contribution in [0.1, 0.15) is 52.9 Å². The average Bonchev–Trinajstić information content (AvgIpc) is 2.03. The van der Waals surface area contributed by atoms with Crippen LogP contribution in [0.3, 0.4) is 0 Å². The van der Waals surface area contributed by atoms with Crippen molar-refractivity contribution in [2.24, 2.45) is 5.41 Å². The van der Waals surface area contributed by atoms with E-state index in [1.54, 1.807) is 0 Å². The second-order valence-electron chi connectivity index (χ2n) is 5.54. The van der Waals surface area contributed by atoms with Crippen molar-refractivity contribution in [3.05, 3.63) is 0 Å². The first-order chi connectivity index (χ1) is 6.49. The number of rotatable bonds is 1. The fourth-order valence-electron chi connectivity index (χ4n) is 1.96. The number of nitrogens with zero attached hydrogens (tertiary/aromatic N) is 1. The van der Waals surface area contributed by atoms with Crippen LogP contribution in [0.4, 0.5) is 0 Å². The average molecular weight is 197 g/mol. The highest BCUT2D eigenvalue weighted by Gasteiger charge is 2.21. The number of carbonyl (C=O) groups excluding carboxylic acids is 1. The largest absolute Gasteiger partial charge is 0.342 e. The topological polar surface area (TPSA) is 20.3 Å². The Hall–Kier alpha value is -0.530. The van der Waals surface area contributed by atoms with Crippen LogP contribution in [0, 0.1) is 5.41 Å². The number of amides is 1. The Kier molecular flexibility index (Phi) is 3.97. The summed E-state index contributed by atoms with van der Waals surface area (Å²) in [7, 11) is 0. The molecule has 0 radical (unpaired) electrons. The molecule has 1 heterocycles. The van der Waals surface area contributed by atoms with Gasteiger partial charge in [-0.1, -0.05) is 33.6 Å². The van der Waals surface area contributed by atoms with Gasteiger partial charge in [0.15, 0.2) is 0 Å². The molecule has 0 aliphatic carbocycles. The van der Waals surface area contributed by atoms with Gasteiger partial charge in [-0.15, -0.1) is 0 Å². The SMILES string of the molecule is CC(C)(C)CN1CCCCCCC1=O. The first-order valence-corrected chi connectivity index (χ1v) is 5.77. The molecule has 2 heteroatoms. The molecule has 0 bridgehead atoms. The predicted octanol–water partition coefficient (Wildman–Crippen LogP) is 2.83. The zero-order valence-electron chi connectivity index (χ0n) is 9.81. The normalized spacial score (nSPS) is 20.5. The van der Waals surface area contributed by atoms with Gasteiger partial charge < -0.3 is 4.90 Å². The standard InChI is InChI=1S/C12H23NO/c1-12(2,3)10-13-9-7-5-4-6-8-11(13)14/h4-10H2,1-3H3. The highest BCUT2D eigenvalue weighted by Crippen LogP contribution is 2.19. The van der Waals surface area contributed by atoms with Gasteiger partial charge in [0.1, 0.15) is 0 Å². The molecule has 0 atom stereocenters. The second kappa shape index (κ2) is 4.81. The third-order valence-electron chi connectivity index (χ3n) is 2.59. The molecule has 0 N–H and O–H groups in total. The number of likely N-dealkylation sites (tertiary alicyclic amines) is 1. The number of hydrogen-bond acceptors (Lipinski definition) is 1. The lowest BCUT2D eigenvalue weighted by atomic mass is 9.95. The summed E-state index contributed by atoms with van der Waals surface area (Å²) in [6.45, 7) is 8.46. The van der Waals surface area contributed by atoms with Gasteiger partial charge in [0, 0.05) is 19.5 Å². The number of hydrogen-bond donors (Lipinski definition) is 0. The molecule has 0 aromatic carbocycles. The lowest BCUT2D eigenvalue weighted by molar-refractivity contribution is -0.133. The van der Waals surface area contributed by atoms with Gasteiger partial charge in [0.05, 0.1) is 0 Å². The maximum atomic E-state index is 11.8. The van der Waals surface area contributed by atoms with Crippen LogP contribution in [0.2, 0.25) is 0 Å². The minimum atomic E-state index is 0.231. The van der Waals surface area contributed by atoms with Gasteiger partial charge in [0.2, 0.25) is 5.91 Å². The highest BCUT2D eigenvalue weighted by atomic mass is 16.2. The van der Waals surface area contributed by atoms with Crippen molar-refractivity contribution in [3.63, 3.8) is 0 Å². The lowest BCUT2D eigenvalue weighted by Crippen LogP contribution is -2.38. The Bertz CT molecular complexity index is 193. The monoisotopic (exact) mass is 197 g/mol. The van der Waals surface area contributed by atoms with Gasteiger partial charge >= 0.3 is 0 Å². The van der Waals surface area contributed by atoms with E-state index in [1.807, 2.05) is 0 Å². The quantitative estimate of drug-likeness (QED) is 0.633. The lowest BCUT2D eigenvalue weighted by Gasteiger charge is -2.31. The Morgan fingerprint density at radius 3 is 2.43 bits per heavy atom. The smallest absolute Gasteiger partial charge is 0.222 e. The van der Waals surface area contributed by atoms with Crippen molar-refractivity contribution >= 4 is 5.91 Å². The Balaban J connectivity index is 2.50. The molecule has 0 unspecified atom stereocenters. The van der Waals surface area contributed by atoms with Crippen LogP contribution in [-0.2, 0) is 4.79 Å². The van der Waals surface area contributed by atoms with Crippen LogP contribution >= 0.6 is 0 Å². The van der Waals surface area contributed by atoms with Gasteiger partial charge in [-0.05, 0) is 18.3 Å². The minimum absolute atomic E-state index is 0.231. The van der Waals surface area contributed by atoms with E-state index in [-0.39, 0.29) is 5.41 Å². The van der Waals surface area contributed by atoms with E-state index in [0.29, 0.717) is 5.91 Å². The van der Waals surface area contributed by atoms with Crippen LogP contribution in [0.15, 0.2) is 0 Å². The maximum absolute atomic E-state index is 11.8. The summed E-state index contributed by atoms with van der Waals surface area (Å²) in [6.07, 6.45) is 5.54. The highest BCUT2D eigenvalue weighted by molar-refractivity contribution is 5.76. The van der Waals surface area contributed by atoms with Crippen molar-refractivity contribution in [2.75, 3.05) is 13.1 Å². The molecular formula is C12H23NO. The Morgan fingerprint density at radius 2 is 1.79 bits per heavy atom.